The van der Waals surface area contributed by atoms with Gasteiger partial charge in [0.15, 0.2) is 10.9 Å². The summed E-state index contributed by atoms with van der Waals surface area (Å²) in [6.45, 7) is 7.13. The van der Waals surface area contributed by atoms with Crippen molar-refractivity contribution in [2.75, 3.05) is 5.75 Å². The summed E-state index contributed by atoms with van der Waals surface area (Å²) in [5, 5.41) is 9.21. The summed E-state index contributed by atoms with van der Waals surface area (Å²) >= 11 is 1.41. The van der Waals surface area contributed by atoms with Crippen molar-refractivity contribution >= 4 is 17.5 Å². The number of thioether (sulfide) groups is 1. The maximum atomic E-state index is 13.2. The van der Waals surface area contributed by atoms with Gasteiger partial charge in [-0.2, -0.15) is 0 Å². The molecule has 4 rings (SSSR count). The third kappa shape index (κ3) is 4.83. The molecule has 4 aromatic rings. The van der Waals surface area contributed by atoms with Crippen LogP contribution < -0.4 is 0 Å². The van der Waals surface area contributed by atoms with Crippen LogP contribution in [0.3, 0.4) is 0 Å². The minimum atomic E-state index is -0.252. The molecule has 2 heterocycles. The number of hydrogen-bond donors (Lipinski definition) is 0. The zero-order valence-corrected chi connectivity index (χ0v) is 19.2. The quantitative estimate of drug-likeness (QED) is 0.274. The largest absolute Gasteiger partial charge is 0.344 e. The van der Waals surface area contributed by atoms with Gasteiger partial charge in [0.25, 0.3) is 0 Å². The van der Waals surface area contributed by atoms with Gasteiger partial charge in [0.05, 0.1) is 12.3 Å². The van der Waals surface area contributed by atoms with Crippen molar-refractivity contribution in [3.05, 3.63) is 100 Å². The summed E-state index contributed by atoms with van der Waals surface area (Å²) in [4.78, 5) is 13.0. The monoisotopic (exact) mass is 448 g/mol. The number of aryl methyl sites for hydroxylation is 2. The molecule has 0 atom stereocenters. The molecule has 2 aromatic carbocycles. The van der Waals surface area contributed by atoms with E-state index in [0.29, 0.717) is 18.7 Å². The Hall–Kier alpha value is -3.19. The second kappa shape index (κ2) is 9.53. The zero-order valence-electron chi connectivity index (χ0n) is 18.4. The van der Waals surface area contributed by atoms with Crippen molar-refractivity contribution in [2.45, 2.75) is 39.0 Å². The van der Waals surface area contributed by atoms with Gasteiger partial charge in [0.2, 0.25) is 0 Å². The molecule has 0 spiro atoms. The number of hydrogen-bond acceptors (Lipinski definition) is 4. The first kappa shape index (κ1) is 22.0. The molecular formula is C25H25FN4OS. The number of halogens is 1. The SMILES string of the molecule is Cc1cc(C(=O)CSc2nnc(C)n2Cc2ccccc2)c(C)n1Cc1ccc(F)cc1. The van der Waals surface area contributed by atoms with Crippen LogP contribution in [0.15, 0.2) is 65.8 Å². The highest BCUT2D eigenvalue weighted by molar-refractivity contribution is 7.99. The van der Waals surface area contributed by atoms with E-state index in [1.54, 1.807) is 12.1 Å². The lowest BCUT2D eigenvalue weighted by Crippen LogP contribution is -2.09. The van der Waals surface area contributed by atoms with E-state index in [1.165, 1.54) is 23.9 Å². The van der Waals surface area contributed by atoms with Crippen molar-refractivity contribution < 1.29 is 9.18 Å². The van der Waals surface area contributed by atoms with E-state index in [0.717, 1.165) is 33.5 Å². The molecular weight excluding hydrogens is 423 g/mol. The number of rotatable bonds is 8. The van der Waals surface area contributed by atoms with Crippen molar-refractivity contribution in [3.8, 4) is 0 Å². The average molecular weight is 449 g/mol. The van der Waals surface area contributed by atoms with E-state index in [9.17, 15) is 9.18 Å². The summed E-state index contributed by atoms with van der Waals surface area (Å²) in [5.41, 5.74) is 4.78. The van der Waals surface area contributed by atoms with E-state index < -0.39 is 0 Å². The summed E-state index contributed by atoms with van der Waals surface area (Å²) < 4.78 is 17.3. The molecule has 0 unspecified atom stereocenters. The van der Waals surface area contributed by atoms with E-state index >= 15 is 0 Å². The van der Waals surface area contributed by atoms with Crippen LogP contribution >= 0.6 is 11.8 Å². The number of benzene rings is 2. The van der Waals surface area contributed by atoms with Crippen molar-refractivity contribution in [1.29, 1.82) is 0 Å². The lowest BCUT2D eigenvalue weighted by Gasteiger charge is -2.10. The van der Waals surface area contributed by atoms with Crippen LogP contribution in [0.2, 0.25) is 0 Å². The molecule has 0 amide bonds. The fourth-order valence-electron chi connectivity index (χ4n) is 3.72. The van der Waals surface area contributed by atoms with Gasteiger partial charge in [-0.05, 0) is 50.1 Å². The van der Waals surface area contributed by atoms with Crippen LogP contribution in [0.4, 0.5) is 4.39 Å². The van der Waals surface area contributed by atoms with E-state index in [2.05, 4.69) is 26.9 Å². The van der Waals surface area contributed by atoms with E-state index in [4.69, 9.17) is 0 Å². The van der Waals surface area contributed by atoms with Crippen LogP contribution in [-0.4, -0.2) is 30.9 Å². The fraction of sp³-hybridized carbons (Fsp3) is 0.240. The zero-order chi connectivity index (χ0) is 22.7. The Bertz CT molecular complexity index is 1230. The number of carbonyl (C=O) groups is 1. The van der Waals surface area contributed by atoms with Gasteiger partial charge in [-0.15, -0.1) is 10.2 Å². The molecule has 0 saturated carbocycles. The average Bonchev–Trinajstić information content (AvgIpc) is 3.28. The lowest BCUT2D eigenvalue weighted by atomic mass is 10.2. The normalized spacial score (nSPS) is 11.1. The standard InChI is InChI=1S/C25H25FN4OS/c1-17-13-23(18(2)29(17)14-21-9-11-22(26)12-10-21)24(31)16-32-25-28-27-19(3)30(25)15-20-7-5-4-6-8-20/h4-13H,14-16H2,1-3H3. The van der Waals surface area contributed by atoms with Gasteiger partial charge >= 0.3 is 0 Å². The number of carbonyl (C=O) groups excluding carboxylic acids is 1. The molecule has 0 radical (unpaired) electrons. The molecule has 0 N–H and O–H groups in total. The molecule has 164 valence electrons. The minimum Gasteiger partial charge on any atom is -0.344 e. The van der Waals surface area contributed by atoms with E-state index in [-0.39, 0.29) is 17.4 Å². The first-order valence-electron chi connectivity index (χ1n) is 10.4. The Labute approximate surface area is 191 Å². The van der Waals surface area contributed by atoms with Gasteiger partial charge < -0.3 is 9.13 Å². The van der Waals surface area contributed by atoms with Gasteiger partial charge in [-0.3, -0.25) is 4.79 Å². The highest BCUT2D eigenvalue weighted by atomic mass is 32.2. The molecule has 0 aliphatic heterocycles. The first-order chi connectivity index (χ1) is 15.4. The Morgan fingerprint density at radius 1 is 0.906 bits per heavy atom. The summed E-state index contributed by atoms with van der Waals surface area (Å²) in [6.07, 6.45) is 0. The van der Waals surface area contributed by atoms with Gasteiger partial charge in [-0.25, -0.2) is 4.39 Å². The molecule has 0 fully saturated rings. The molecule has 2 aromatic heterocycles. The predicted molar refractivity (Wildman–Crippen MR) is 125 cm³/mol. The van der Waals surface area contributed by atoms with Crippen LogP contribution in [0, 0.1) is 26.6 Å². The second-order valence-corrected chi connectivity index (χ2v) is 8.75. The van der Waals surface area contributed by atoms with Crippen LogP contribution in [-0.2, 0) is 13.1 Å². The maximum Gasteiger partial charge on any atom is 0.191 e. The molecule has 0 aliphatic carbocycles. The van der Waals surface area contributed by atoms with Gasteiger partial charge in [-0.1, -0.05) is 54.2 Å². The lowest BCUT2D eigenvalue weighted by molar-refractivity contribution is 0.102. The number of Topliss-reactive ketones (excluding diaryl/α,β-unsaturated/α-hetero) is 1. The summed E-state index contributed by atoms with van der Waals surface area (Å²) in [6, 6.07) is 18.5. The minimum absolute atomic E-state index is 0.0559. The first-order valence-corrected chi connectivity index (χ1v) is 11.4. The third-order valence-electron chi connectivity index (χ3n) is 5.55. The Morgan fingerprint density at radius 3 is 2.28 bits per heavy atom. The smallest absolute Gasteiger partial charge is 0.191 e. The Morgan fingerprint density at radius 2 is 1.56 bits per heavy atom. The third-order valence-corrected chi connectivity index (χ3v) is 6.51. The number of ketones is 1. The van der Waals surface area contributed by atoms with E-state index in [1.807, 2.05) is 49.6 Å². The Balaban J connectivity index is 1.47. The topological polar surface area (TPSA) is 52.7 Å². The van der Waals surface area contributed by atoms with Gasteiger partial charge in [0.1, 0.15) is 11.6 Å². The molecule has 0 bridgehead atoms. The number of nitrogens with zero attached hydrogens (tertiary/aromatic N) is 4. The second-order valence-electron chi connectivity index (χ2n) is 7.81. The predicted octanol–water partition coefficient (Wildman–Crippen LogP) is 5.22. The van der Waals surface area contributed by atoms with Crippen LogP contribution in [0.5, 0.6) is 0 Å². The van der Waals surface area contributed by atoms with Crippen molar-refractivity contribution in [3.63, 3.8) is 0 Å². The summed E-state index contributed by atoms with van der Waals surface area (Å²) in [5.74, 6) is 0.910. The molecule has 5 nitrogen and oxygen atoms in total. The van der Waals surface area contributed by atoms with Crippen molar-refractivity contribution in [2.24, 2.45) is 0 Å². The molecule has 0 aliphatic rings. The highest BCUT2D eigenvalue weighted by Gasteiger charge is 2.18. The summed E-state index contributed by atoms with van der Waals surface area (Å²) in [7, 11) is 0. The maximum absolute atomic E-state index is 13.2. The highest BCUT2D eigenvalue weighted by Crippen LogP contribution is 2.23. The fourth-order valence-corrected chi connectivity index (χ4v) is 4.59. The number of aromatic nitrogens is 4. The molecule has 32 heavy (non-hydrogen) atoms. The van der Waals surface area contributed by atoms with Gasteiger partial charge in [0, 0.05) is 23.5 Å². The Kier molecular flexibility index (Phi) is 6.55. The molecule has 7 heteroatoms. The van der Waals surface area contributed by atoms with Crippen molar-refractivity contribution in [1.82, 2.24) is 19.3 Å². The van der Waals surface area contributed by atoms with Crippen LogP contribution in [0.1, 0.15) is 38.7 Å². The van der Waals surface area contributed by atoms with Crippen LogP contribution in [0.25, 0.3) is 0 Å². The molecule has 0 saturated heterocycles.